The lowest BCUT2D eigenvalue weighted by molar-refractivity contribution is -0.136. The summed E-state index contributed by atoms with van der Waals surface area (Å²) in [7, 11) is -4.21. The second kappa shape index (κ2) is 9.89. The Morgan fingerprint density at radius 3 is 2.41 bits per heavy atom. The van der Waals surface area contributed by atoms with Crippen molar-refractivity contribution in [2.45, 2.75) is 11.8 Å². The number of hydrogen-bond acceptors (Lipinski definition) is 7. The van der Waals surface area contributed by atoms with Gasteiger partial charge in [-0.2, -0.15) is 8.42 Å². The lowest BCUT2D eigenvalue weighted by Gasteiger charge is -2.14. The fourth-order valence-corrected chi connectivity index (χ4v) is 4.54. The zero-order chi connectivity index (χ0) is 24.3. The summed E-state index contributed by atoms with van der Waals surface area (Å²) in [5.41, 5.74) is 1.74. The first kappa shape index (κ1) is 23.8. The summed E-state index contributed by atoms with van der Waals surface area (Å²) in [5, 5.41) is 4.23. The SMILES string of the molecule is CCOc1cc(/C=C2\C(=O)ON=C2c2ccccc2)cc(Cl)c1OS(=O)(=O)c1ccc(Cl)cc1. The van der Waals surface area contributed by atoms with Crippen LogP contribution in [-0.2, 0) is 19.8 Å². The molecule has 0 N–H and O–H groups in total. The Balaban J connectivity index is 1.72. The Morgan fingerprint density at radius 1 is 1.03 bits per heavy atom. The highest BCUT2D eigenvalue weighted by atomic mass is 35.5. The van der Waals surface area contributed by atoms with Gasteiger partial charge in [0.05, 0.1) is 17.2 Å². The Kier molecular flexibility index (Phi) is 6.92. The number of nitrogens with zero attached hydrogens (tertiary/aromatic N) is 1. The third kappa shape index (κ3) is 5.09. The van der Waals surface area contributed by atoms with E-state index < -0.39 is 16.1 Å². The second-order valence-corrected chi connectivity index (χ2v) is 9.39. The molecule has 0 radical (unpaired) electrons. The second-order valence-electron chi connectivity index (χ2n) is 7.00. The molecular formula is C24H17Cl2NO6S. The maximum atomic E-state index is 12.8. The molecule has 0 amide bonds. The third-order valence-corrected chi connectivity index (χ3v) is 6.45. The Hall–Kier alpha value is -3.33. The van der Waals surface area contributed by atoms with Gasteiger partial charge in [-0.25, -0.2) is 4.79 Å². The maximum absolute atomic E-state index is 12.8. The van der Waals surface area contributed by atoms with Crippen LogP contribution < -0.4 is 8.92 Å². The number of halogens is 2. The van der Waals surface area contributed by atoms with E-state index in [4.69, 9.17) is 37.0 Å². The molecule has 34 heavy (non-hydrogen) atoms. The van der Waals surface area contributed by atoms with Crippen molar-refractivity contribution in [3.63, 3.8) is 0 Å². The van der Waals surface area contributed by atoms with Gasteiger partial charge in [0.2, 0.25) is 5.75 Å². The van der Waals surface area contributed by atoms with Gasteiger partial charge in [-0.15, -0.1) is 0 Å². The zero-order valence-electron chi connectivity index (χ0n) is 17.7. The number of oxime groups is 1. The highest BCUT2D eigenvalue weighted by Gasteiger charge is 2.28. The van der Waals surface area contributed by atoms with E-state index >= 15 is 0 Å². The van der Waals surface area contributed by atoms with Gasteiger partial charge in [0.25, 0.3) is 0 Å². The molecule has 0 saturated heterocycles. The van der Waals surface area contributed by atoms with Gasteiger partial charge in [-0.3, -0.25) is 0 Å². The average Bonchev–Trinajstić information content (AvgIpc) is 3.17. The molecule has 0 unspecified atom stereocenters. The molecule has 0 spiro atoms. The van der Waals surface area contributed by atoms with Crippen LogP contribution >= 0.6 is 23.2 Å². The number of rotatable bonds is 7. The molecule has 1 aliphatic rings. The fourth-order valence-electron chi connectivity index (χ4n) is 3.15. The first-order valence-corrected chi connectivity index (χ1v) is 12.2. The average molecular weight is 518 g/mol. The lowest BCUT2D eigenvalue weighted by atomic mass is 10.0. The fraction of sp³-hybridized carbons (Fsp3) is 0.0833. The summed E-state index contributed by atoms with van der Waals surface area (Å²) in [4.78, 5) is 17.1. The molecule has 0 bridgehead atoms. The van der Waals surface area contributed by atoms with E-state index in [0.29, 0.717) is 21.9 Å². The van der Waals surface area contributed by atoms with Gasteiger partial charge in [0.15, 0.2) is 5.75 Å². The van der Waals surface area contributed by atoms with Crippen LogP contribution in [0.4, 0.5) is 0 Å². The van der Waals surface area contributed by atoms with Crippen LogP contribution in [-0.4, -0.2) is 26.7 Å². The molecule has 0 aliphatic carbocycles. The minimum absolute atomic E-state index is 0.0279. The molecule has 3 aromatic carbocycles. The van der Waals surface area contributed by atoms with E-state index in [1.165, 1.54) is 42.5 Å². The van der Waals surface area contributed by atoms with Crippen LogP contribution in [0.15, 0.2) is 82.4 Å². The topological polar surface area (TPSA) is 91.3 Å². The molecule has 0 fully saturated rings. The number of ether oxygens (including phenoxy) is 1. The summed E-state index contributed by atoms with van der Waals surface area (Å²) < 4.78 is 36.4. The number of benzene rings is 3. The third-order valence-electron chi connectivity index (χ3n) is 4.68. The standard InChI is InChI=1S/C24H17Cl2NO6S/c1-2-31-21-14-15(12-19-22(27-32-24(19)28)16-6-4-3-5-7-16)13-20(26)23(21)33-34(29,30)18-10-8-17(25)9-11-18/h3-14H,2H2,1H3/b19-12-. The maximum Gasteiger partial charge on any atom is 0.368 e. The van der Waals surface area contributed by atoms with E-state index in [9.17, 15) is 13.2 Å². The van der Waals surface area contributed by atoms with Crippen LogP contribution in [0, 0.1) is 0 Å². The summed E-state index contributed by atoms with van der Waals surface area (Å²) in [6.45, 7) is 1.94. The predicted molar refractivity (Wildman–Crippen MR) is 129 cm³/mol. The zero-order valence-corrected chi connectivity index (χ0v) is 20.0. The van der Waals surface area contributed by atoms with E-state index in [1.54, 1.807) is 19.1 Å². The van der Waals surface area contributed by atoms with Crippen LogP contribution in [0.3, 0.4) is 0 Å². The van der Waals surface area contributed by atoms with Crippen molar-refractivity contribution in [1.82, 2.24) is 0 Å². The highest BCUT2D eigenvalue weighted by molar-refractivity contribution is 7.87. The van der Waals surface area contributed by atoms with Crippen molar-refractivity contribution in [2.24, 2.45) is 5.16 Å². The normalized spacial score (nSPS) is 14.6. The largest absolute Gasteiger partial charge is 0.490 e. The van der Waals surface area contributed by atoms with Crippen molar-refractivity contribution in [1.29, 1.82) is 0 Å². The van der Waals surface area contributed by atoms with Gasteiger partial charge < -0.3 is 13.8 Å². The minimum atomic E-state index is -4.21. The molecule has 1 heterocycles. The van der Waals surface area contributed by atoms with Gasteiger partial charge >= 0.3 is 16.1 Å². The van der Waals surface area contributed by atoms with Gasteiger partial charge in [0, 0.05) is 10.6 Å². The van der Waals surface area contributed by atoms with E-state index in [1.807, 2.05) is 18.2 Å². The number of hydrogen-bond donors (Lipinski definition) is 0. The van der Waals surface area contributed by atoms with Crippen molar-refractivity contribution in [3.8, 4) is 11.5 Å². The molecule has 174 valence electrons. The molecule has 0 aromatic heterocycles. The Morgan fingerprint density at radius 2 is 1.74 bits per heavy atom. The van der Waals surface area contributed by atoms with E-state index in [2.05, 4.69) is 5.16 Å². The van der Waals surface area contributed by atoms with Crippen LogP contribution in [0.5, 0.6) is 11.5 Å². The first-order valence-electron chi connectivity index (χ1n) is 10.0. The van der Waals surface area contributed by atoms with Crippen LogP contribution in [0.2, 0.25) is 10.0 Å². The molecule has 4 rings (SSSR count). The minimum Gasteiger partial charge on any atom is -0.490 e. The van der Waals surface area contributed by atoms with E-state index in [0.717, 1.165) is 0 Å². The molecule has 3 aromatic rings. The van der Waals surface area contributed by atoms with Gasteiger partial charge in [-0.1, -0.05) is 58.7 Å². The van der Waals surface area contributed by atoms with Crippen LogP contribution in [0.25, 0.3) is 6.08 Å². The Labute approximate surface area is 206 Å². The number of carbonyl (C=O) groups is 1. The smallest absolute Gasteiger partial charge is 0.368 e. The molecule has 0 saturated carbocycles. The summed E-state index contributed by atoms with van der Waals surface area (Å²) in [6.07, 6.45) is 1.53. The monoisotopic (exact) mass is 517 g/mol. The summed E-state index contributed by atoms with van der Waals surface area (Å²) in [5.74, 6) is -0.714. The quantitative estimate of drug-likeness (QED) is 0.233. The lowest BCUT2D eigenvalue weighted by Crippen LogP contribution is -2.11. The molecular weight excluding hydrogens is 501 g/mol. The van der Waals surface area contributed by atoms with Crippen molar-refractivity contribution >= 4 is 51.1 Å². The molecule has 0 atom stereocenters. The van der Waals surface area contributed by atoms with Gasteiger partial charge in [-0.05, 0) is 55.0 Å². The predicted octanol–water partition coefficient (Wildman–Crippen LogP) is 5.50. The molecule has 10 heteroatoms. The Bertz CT molecular complexity index is 1400. The highest BCUT2D eigenvalue weighted by Crippen LogP contribution is 2.39. The number of carbonyl (C=O) groups excluding carboxylic acids is 1. The summed E-state index contributed by atoms with van der Waals surface area (Å²) in [6, 6.07) is 17.6. The molecule has 7 nitrogen and oxygen atoms in total. The van der Waals surface area contributed by atoms with Crippen LogP contribution in [0.1, 0.15) is 18.1 Å². The van der Waals surface area contributed by atoms with Crippen molar-refractivity contribution in [2.75, 3.05) is 6.61 Å². The van der Waals surface area contributed by atoms with Crippen molar-refractivity contribution in [3.05, 3.63) is 93.5 Å². The molecule has 1 aliphatic heterocycles. The van der Waals surface area contributed by atoms with Crippen molar-refractivity contribution < 1.29 is 27.0 Å². The van der Waals surface area contributed by atoms with Gasteiger partial charge in [0.1, 0.15) is 10.6 Å². The van der Waals surface area contributed by atoms with E-state index in [-0.39, 0.29) is 33.6 Å². The first-order chi connectivity index (χ1) is 16.3. The summed E-state index contributed by atoms with van der Waals surface area (Å²) >= 11 is 12.2.